The van der Waals surface area contributed by atoms with E-state index in [-0.39, 0.29) is 46.5 Å². The number of hydrogen-bond acceptors (Lipinski definition) is 0. The molecule has 310 valence electrons. The summed E-state index contributed by atoms with van der Waals surface area (Å²) in [6.07, 6.45) is 6.68. The molecule has 5 aromatic rings. The first-order chi connectivity index (χ1) is 26.1. The molecule has 1 atom stereocenters. The van der Waals surface area contributed by atoms with Gasteiger partial charge in [-0.15, -0.1) is 41.5 Å². The van der Waals surface area contributed by atoms with Gasteiger partial charge < -0.3 is 0 Å². The van der Waals surface area contributed by atoms with Crippen molar-refractivity contribution in [3.63, 3.8) is 0 Å². The molecule has 1 unspecified atom stereocenters. The van der Waals surface area contributed by atoms with Crippen molar-refractivity contribution in [3.05, 3.63) is 184 Å². The zero-order valence-electron chi connectivity index (χ0n) is 37.8. The summed E-state index contributed by atoms with van der Waals surface area (Å²) in [4.78, 5) is 0. The molecule has 0 spiro atoms. The molecule has 0 aliphatic heterocycles. The Bertz CT molecular complexity index is 1920. The number of allylic oxidation sites excluding steroid dienone is 4. The van der Waals surface area contributed by atoms with Gasteiger partial charge in [-0.25, -0.2) is 5.57 Å². The van der Waals surface area contributed by atoms with Gasteiger partial charge in [0, 0.05) is 0 Å². The summed E-state index contributed by atoms with van der Waals surface area (Å²) >= 11 is 1.30. The molecule has 0 radical (unpaired) electrons. The van der Waals surface area contributed by atoms with Crippen LogP contribution < -0.4 is 0 Å². The molecular weight excluding hydrogens is 823 g/mol. The Morgan fingerprint density at radius 2 is 1.03 bits per heavy atom. The molecule has 0 nitrogen and oxygen atoms in total. The molecule has 2 aliphatic rings. The molecule has 5 aromatic carbocycles. The molecule has 0 saturated carbocycles. The Balaban J connectivity index is 0.000000397. The zero-order valence-corrected chi connectivity index (χ0v) is 41.9. The van der Waals surface area contributed by atoms with Gasteiger partial charge in [-0.2, -0.15) is 107 Å². The summed E-state index contributed by atoms with van der Waals surface area (Å²) in [6.45, 7) is 31.2. The maximum atomic E-state index is 3.67. The van der Waals surface area contributed by atoms with Crippen molar-refractivity contribution in [2.24, 2.45) is 5.92 Å². The first-order valence-corrected chi connectivity index (χ1v) is 21.7. The Labute approximate surface area is 382 Å². The Morgan fingerprint density at radius 1 is 0.569 bits per heavy atom. The number of halogens is 2. The van der Waals surface area contributed by atoms with Crippen molar-refractivity contribution in [2.75, 3.05) is 0 Å². The predicted octanol–water partition coefficient (Wildman–Crippen LogP) is 15.5. The first kappa shape index (κ1) is 52.9. The van der Waals surface area contributed by atoms with Crippen molar-refractivity contribution < 1.29 is 24.2 Å². The van der Waals surface area contributed by atoms with Gasteiger partial charge in [-0.3, -0.25) is 6.08 Å². The van der Waals surface area contributed by atoms with Crippen LogP contribution in [0, 0.1) is 30.2 Å². The van der Waals surface area contributed by atoms with E-state index in [1.54, 1.807) is 0 Å². The summed E-state index contributed by atoms with van der Waals surface area (Å²) in [5.74, 6) is 0.468. The van der Waals surface area contributed by atoms with Crippen LogP contribution in [0.4, 0.5) is 0 Å². The predicted molar refractivity (Wildman–Crippen MR) is 257 cm³/mol. The third kappa shape index (κ3) is 15.8. The van der Waals surface area contributed by atoms with Crippen LogP contribution in [-0.2, 0) is 52.3 Å². The quantitative estimate of drug-likeness (QED) is 0.144. The average molecular weight is 891 g/mol. The third-order valence-electron chi connectivity index (χ3n) is 9.98. The van der Waals surface area contributed by atoms with Gasteiger partial charge in [-0.05, 0) is 39.2 Å². The van der Waals surface area contributed by atoms with Crippen molar-refractivity contribution in [2.45, 2.75) is 125 Å². The van der Waals surface area contributed by atoms with E-state index < -0.39 is 0 Å². The van der Waals surface area contributed by atoms with Crippen LogP contribution in [-0.4, -0.2) is 4.21 Å². The van der Waals surface area contributed by atoms with E-state index >= 15 is 0 Å². The second-order valence-electron chi connectivity index (χ2n) is 18.9. The Morgan fingerprint density at radius 3 is 1.43 bits per heavy atom. The van der Waals surface area contributed by atoms with Gasteiger partial charge >= 0.3 is 28.4 Å². The number of fused-ring (bicyclic) bond motifs is 3. The molecule has 3 heteroatoms. The first-order valence-electron chi connectivity index (χ1n) is 20.0. The third-order valence-corrected chi connectivity index (χ3v) is 9.98. The molecular formula is C55H68Cl2Zr-4. The van der Waals surface area contributed by atoms with Crippen LogP contribution in [0.3, 0.4) is 0 Å². The second-order valence-corrected chi connectivity index (χ2v) is 18.9. The average Bonchev–Trinajstić information content (AvgIpc) is 3.70. The van der Waals surface area contributed by atoms with E-state index in [1.807, 2.05) is 30.3 Å². The number of benzene rings is 5. The zero-order chi connectivity index (χ0) is 41.9. The van der Waals surface area contributed by atoms with Crippen LogP contribution in [0.5, 0.6) is 0 Å². The van der Waals surface area contributed by atoms with Gasteiger partial charge in [0.05, 0.1) is 0 Å². The van der Waals surface area contributed by atoms with Crippen molar-refractivity contribution in [1.29, 1.82) is 0 Å². The van der Waals surface area contributed by atoms with Gasteiger partial charge in [0.2, 0.25) is 0 Å². The molecule has 0 heterocycles. The minimum absolute atomic E-state index is 0. The van der Waals surface area contributed by atoms with Gasteiger partial charge in [0.15, 0.2) is 0 Å². The fraction of sp³-hybridized carbons (Fsp3) is 0.364. The molecule has 0 fully saturated rings. The van der Waals surface area contributed by atoms with Crippen LogP contribution in [0.15, 0.2) is 121 Å². The molecule has 7 rings (SSSR count). The monoisotopic (exact) mass is 888 g/mol. The van der Waals surface area contributed by atoms with Crippen molar-refractivity contribution >= 4 is 34.6 Å². The van der Waals surface area contributed by atoms with Gasteiger partial charge in [-0.1, -0.05) is 157 Å². The van der Waals surface area contributed by atoms with Crippen LogP contribution in [0.2, 0.25) is 0 Å². The summed E-state index contributed by atoms with van der Waals surface area (Å²) in [7, 11) is 0. The van der Waals surface area contributed by atoms with Gasteiger partial charge in [0.1, 0.15) is 0 Å². The molecule has 0 saturated heterocycles. The van der Waals surface area contributed by atoms with E-state index in [2.05, 4.69) is 210 Å². The van der Waals surface area contributed by atoms with E-state index in [1.165, 1.54) is 85.5 Å². The summed E-state index contributed by atoms with van der Waals surface area (Å²) in [6, 6.07) is 48.0. The Kier molecular flexibility index (Phi) is 21.0. The number of hydrogen-bond donors (Lipinski definition) is 0. The fourth-order valence-electron chi connectivity index (χ4n) is 6.57. The van der Waals surface area contributed by atoms with E-state index in [9.17, 15) is 0 Å². The van der Waals surface area contributed by atoms with E-state index in [4.69, 9.17) is 0 Å². The van der Waals surface area contributed by atoms with Crippen molar-refractivity contribution in [1.82, 2.24) is 0 Å². The molecule has 2 aliphatic carbocycles. The van der Waals surface area contributed by atoms with Gasteiger partial charge in [0.25, 0.3) is 0 Å². The standard InChI is InChI=1S/C21H25.C13H13.2C10H13.CH2.2ClH.Zr/c1-20(2,3)16-7-9-18-14(12-16)11-15-13-17(21(4,5)6)8-10-19(15)18;1-10-8-11(2)13(9-10)12-6-4-3-5-7-12;2*1-10(2,3)9-7-5-4-6-8-9;;;;/h7-10,12H,11H2,1-6H3;3-7,9-10H,1-2H3;2*5-8H,1-3H3;1H2;2*1H;/q4*-1;;;;. The topological polar surface area (TPSA) is 0 Å². The van der Waals surface area contributed by atoms with Crippen molar-refractivity contribution in [3.8, 4) is 11.1 Å². The minimum atomic E-state index is 0. The molecule has 0 bridgehead atoms. The molecule has 0 aromatic heterocycles. The maximum absolute atomic E-state index is 3.67. The number of rotatable bonds is 1. The molecule has 58 heavy (non-hydrogen) atoms. The summed E-state index contributed by atoms with van der Waals surface area (Å²) in [5.41, 5.74) is 15.9. The normalized spacial score (nSPS) is 13.8. The van der Waals surface area contributed by atoms with E-state index in [0.717, 1.165) is 6.42 Å². The SMILES string of the molecule is CC(C)(C)c1[c-]c2c(cc1)-c1ccc(C(C)(C)C)cc1C2.CC(C)(C)c1cc[c-]cc1.CC(C)(C)c1cc[c-]cc1.CC1=[C-]C(C)C=C1c1ccccc1.Cl.Cl.[CH2]=[Zr]. The summed E-state index contributed by atoms with van der Waals surface area (Å²) in [5, 5.41) is 0. The fourth-order valence-corrected chi connectivity index (χ4v) is 6.57. The van der Waals surface area contributed by atoms with E-state index in [0.29, 0.717) is 5.92 Å². The van der Waals surface area contributed by atoms with Crippen LogP contribution in [0.25, 0.3) is 16.7 Å². The summed E-state index contributed by atoms with van der Waals surface area (Å²) < 4.78 is 3.34. The molecule has 0 N–H and O–H groups in total. The second kappa shape index (κ2) is 23.1. The van der Waals surface area contributed by atoms with Crippen LogP contribution >= 0.6 is 24.8 Å². The molecule has 0 amide bonds. The van der Waals surface area contributed by atoms with Crippen LogP contribution in [0.1, 0.15) is 136 Å². The Hall–Kier alpha value is -3.09.